The molecule has 6 nitrogen and oxygen atoms in total. The standard InChI is InChI=1S/C20H16FNO4.C9H12.CH4O/c1-11-17-4-3-13(12(2)23)7-18(17)22(20(11)24)8-14-5-16(21)6-15-9-25-10-26-19(14)15;1-3-9-7-5-4-6-8(9)2;1-2/h3-7H,1,8-10H2,2H3;4-7H,3H2,1-2H3;2H,1H3. The molecule has 0 bridgehead atoms. The first-order chi connectivity index (χ1) is 17.8. The highest BCUT2D eigenvalue weighted by atomic mass is 19.1. The third-order valence-electron chi connectivity index (χ3n) is 6.25. The minimum Gasteiger partial charge on any atom is -0.467 e. The Morgan fingerprint density at radius 2 is 1.84 bits per heavy atom. The van der Waals surface area contributed by atoms with Crippen LogP contribution in [0.3, 0.4) is 0 Å². The maximum atomic E-state index is 14.0. The van der Waals surface area contributed by atoms with Gasteiger partial charge in [0.25, 0.3) is 5.91 Å². The number of aliphatic hydroxyl groups is 1. The van der Waals surface area contributed by atoms with Crippen molar-refractivity contribution < 1.29 is 28.6 Å². The van der Waals surface area contributed by atoms with Gasteiger partial charge in [-0.3, -0.25) is 9.59 Å². The first-order valence-electron chi connectivity index (χ1n) is 12.0. The number of amides is 1. The van der Waals surface area contributed by atoms with Gasteiger partial charge in [0.15, 0.2) is 12.6 Å². The molecule has 3 aromatic carbocycles. The lowest BCUT2D eigenvalue weighted by molar-refractivity contribution is -0.113. The molecule has 2 heterocycles. The lowest BCUT2D eigenvalue weighted by Crippen LogP contribution is -2.27. The van der Waals surface area contributed by atoms with E-state index in [0.29, 0.717) is 39.3 Å². The molecule has 0 aromatic heterocycles. The summed E-state index contributed by atoms with van der Waals surface area (Å²) in [5.74, 6) is -0.254. The number of hydrogen-bond acceptors (Lipinski definition) is 5. The smallest absolute Gasteiger partial charge is 0.258 e. The molecule has 1 amide bonds. The number of ketones is 1. The number of aryl methyl sites for hydroxylation is 2. The number of Topliss-reactive ketones (excluding diaryl/α,β-unsaturated/α-hetero) is 1. The first kappa shape index (κ1) is 27.8. The lowest BCUT2D eigenvalue weighted by Gasteiger charge is -2.24. The Labute approximate surface area is 217 Å². The topological polar surface area (TPSA) is 76.1 Å². The fourth-order valence-electron chi connectivity index (χ4n) is 4.32. The van der Waals surface area contributed by atoms with Gasteiger partial charge >= 0.3 is 0 Å². The normalized spacial score (nSPS) is 13.4. The van der Waals surface area contributed by atoms with Crippen LogP contribution >= 0.6 is 0 Å². The SMILES string of the molecule is C=C1C(=O)N(Cc2cc(F)cc3c2OCOC3)c2cc(C(C)=O)ccc21.CCc1ccccc1C.CO. The van der Waals surface area contributed by atoms with Gasteiger partial charge in [0.1, 0.15) is 11.6 Å². The van der Waals surface area contributed by atoms with Crippen LogP contribution in [0.5, 0.6) is 5.75 Å². The summed E-state index contributed by atoms with van der Waals surface area (Å²) in [6.07, 6.45) is 1.15. The third kappa shape index (κ3) is 6.13. The van der Waals surface area contributed by atoms with E-state index in [1.807, 2.05) is 0 Å². The minimum absolute atomic E-state index is 0.0807. The predicted octanol–water partition coefficient (Wildman–Crippen LogP) is 5.62. The van der Waals surface area contributed by atoms with Crippen molar-refractivity contribution in [3.63, 3.8) is 0 Å². The molecule has 0 spiro atoms. The van der Waals surface area contributed by atoms with Gasteiger partial charge in [0.05, 0.1) is 18.8 Å². The maximum absolute atomic E-state index is 14.0. The number of anilines is 1. The number of hydrogen-bond donors (Lipinski definition) is 1. The van der Waals surface area contributed by atoms with Crippen molar-refractivity contribution in [2.75, 3.05) is 18.8 Å². The molecule has 5 rings (SSSR count). The van der Waals surface area contributed by atoms with Crippen LogP contribution in [0, 0.1) is 12.7 Å². The van der Waals surface area contributed by atoms with Crippen molar-refractivity contribution in [2.45, 2.75) is 40.3 Å². The van der Waals surface area contributed by atoms with E-state index in [1.54, 1.807) is 18.2 Å². The van der Waals surface area contributed by atoms with Crippen LogP contribution in [0.15, 0.2) is 61.2 Å². The molecule has 0 fully saturated rings. The zero-order valence-corrected chi connectivity index (χ0v) is 21.6. The number of halogens is 1. The van der Waals surface area contributed by atoms with E-state index in [9.17, 15) is 14.0 Å². The number of carbonyl (C=O) groups excluding carboxylic acids is 2. The van der Waals surface area contributed by atoms with Crippen LogP contribution in [-0.2, 0) is 29.1 Å². The molecule has 0 atom stereocenters. The molecular formula is C30H32FNO5. The average Bonchev–Trinajstić information content (AvgIpc) is 3.14. The summed E-state index contributed by atoms with van der Waals surface area (Å²) in [5.41, 5.74) is 6.14. The number of aliphatic hydroxyl groups excluding tert-OH is 1. The van der Waals surface area contributed by atoms with E-state index in [4.69, 9.17) is 14.6 Å². The molecule has 0 radical (unpaired) electrons. The number of carbonyl (C=O) groups is 2. The summed E-state index contributed by atoms with van der Waals surface area (Å²) >= 11 is 0. The molecule has 2 aliphatic rings. The zero-order valence-electron chi connectivity index (χ0n) is 21.6. The Morgan fingerprint density at radius 1 is 1.11 bits per heavy atom. The van der Waals surface area contributed by atoms with E-state index in [1.165, 1.54) is 35.1 Å². The second-order valence-corrected chi connectivity index (χ2v) is 8.60. The fraction of sp³-hybridized carbons (Fsp3) is 0.267. The van der Waals surface area contributed by atoms with E-state index in [0.717, 1.165) is 13.5 Å². The molecule has 1 N–H and O–H groups in total. The Hall–Kier alpha value is -3.81. The highest BCUT2D eigenvalue weighted by Gasteiger charge is 2.32. The van der Waals surface area contributed by atoms with Gasteiger partial charge < -0.3 is 19.5 Å². The fourth-order valence-corrected chi connectivity index (χ4v) is 4.32. The largest absolute Gasteiger partial charge is 0.467 e. The monoisotopic (exact) mass is 505 g/mol. The van der Waals surface area contributed by atoms with E-state index in [2.05, 4.69) is 44.7 Å². The second-order valence-electron chi connectivity index (χ2n) is 8.60. The summed E-state index contributed by atoms with van der Waals surface area (Å²) in [4.78, 5) is 25.9. The summed E-state index contributed by atoms with van der Waals surface area (Å²) in [6, 6.07) is 16.3. The van der Waals surface area contributed by atoms with E-state index < -0.39 is 5.82 Å². The second kappa shape index (κ2) is 12.4. The number of fused-ring (bicyclic) bond motifs is 2. The molecule has 0 saturated carbocycles. The molecule has 194 valence electrons. The Bertz CT molecular complexity index is 1320. The van der Waals surface area contributed by atoms with Crippen molar-refractivity contribution in [1.82, 2.24) is 0 Å². The molecule has 0 aliphatic carbocycles. The Morgan fingerprint density at radius 3 is 2.49 bits per heavy atom. The van der Waals surface area contributed by atoms with Crippen molar-refractivity contribution in [2.24, 2.45) is 0 Å². The summed E-state index contributed by atoms with van der Waals surface area (Å²) in [6.45, 7) is 10.1. The van der Waals surface area contributed by atoms with Crippen LogP contribution in [0.4, 0.5) is 10.1 Å². The van der Waals surface area contributed by atoms with Gasteiger partial charge in [-0.15, -0.1) is 0 Å². The minimum atomic E-state index is -0.420. The van der Waals surface area contributed by atoms with Gasteiger partial charge in [-0.25, -0.2) is 4.39 Å². The highest BCUT2D eigenvalue weighted by molar-refractivity contribution is 6.32. The lowest BCUT2D eigenvalue weighted by atomic mass is 10.0. The summed E-state index contributed by atoms with van der Waals surface area (Å²) < 4.78 is 24.7. The Balaban J connectivity index is 0.000000291. The third-order valence-corrected chi connectivity index (χ3v) is 6.25. The van der Waals surface area contributed by atoms with Crippen molar-refractivity contribution >= 4 is 23.0 Å². The van der Waals surface area contributed by atoms with Crippen LogP contribution in [0.25, 0.3) is 5.57 Å². The van der Waals surface area contributed by atoms with Gasteiger partial charge in [0.2, 0.25) is 0 Å². The molecule has 0 unspecified atom stereocenters. The van der Waals surface area contributed by atoms with Crippen LogP contribution in [0.1, 0.15) is 52.0 Å². The van der Waals surface area contributed by atoms with Crippen molar-refractivity contribution in [3.8, 4) is 5.75 Å². The molecule has 37 heavy (non-hydrogen) atoms. The number of nitrogens with zero attached hydrogens (tertiary/aromatic N) is 1. The van der Waals surface area contributed by atoms with E-state index >= 15 is 0 Å². The molecule has 2 aliphatic heterocycles. The molecule has 0 saturated heterocycles. The van der Waals surface area contributed by atoms with Crippen molar-refractivity contribution in [1.29, 1.82) is 0 Å². The molecule has 3 aromatic rings. The quantitative estimate of drug-likeness (QED) is 0.368. The van der Waals surface area contributed by atoms with Crippen LogP contribution in [0.2, 0.25) is 0 Å². The van der Waals surface area contributed by atoms with Crippen LogP contribution < -0.4 is 9.64 Å². The van der Waals surface area contributed by atoms with E-state index in [-0.39, 0.29) is 31.6 Å². The van der Waals surface area contributed by atoms with Crippen molar-refractivity contribution in [3.05, 3.63) is 100 Å². The van der Waals surface area contributed by atoms with Gasteiger partial charge in [-0.1, -0.05) is 49.9 Å². The van der Waals surface area contributed by atoms with Gasteiger partial charge in [-0.2, -0.15) is 0 Å². The zero-order chi connectivity index (χ0) is 27.1. The first-order valence-corrected chi connectivity index (χ1v) is 12.0. The van der Waals surface area contributed by atoms with Crippen LogP contribution in [-0.4, -0.2) is 30.7 Å². The van der Waals surface area contributed by atoms with Gasteiger partial charge in [0, 0.05) is 34.9 Å². The highest BCUT2D eigenvalue weighted by Crippen LogP contribution is 2.39. The summed E-state index contributed by atoms with van der Waals surface area (Å²) in [5, 5.41) is 7.00. The molecular weight excluding hydrogens is 473 g/mol. The van der Waals surface area contributed by atoms with Gasteiger partial charge in [-0.05, 0) is 49.6 Å². The summed E-state index contributed by atoms with van der Waals surface area (Å²) in [7, 11) is 1.00. The number of benzene rings is 3. The number of ether oxygens (including phenoxy) is 2. The maximum Gasteiger partial charge on any atom is 0.258 e. The Kier molecular flexibility index (Phi) is 9.33. The average molecular weight is 506 g/mol. The predicted molar refractivity (Wildman–Crippen MR) is 142 cm³/mol. The number of rotatable bonds is 4. The molecule has 7 heteroatoms.